The summed E-state index contributed by atoms with van der Waals surface area (Å²) in [5.74, 6) is 0. The molecule has 1 atom stereocenters. The van der Waals surface area contributed by atoms with Gasteiger partial charge in [0.1, 0.15) is 0 Å². The summed E-state index contributed by atoms with van der Waals surface area (Å²) in [6, 6.07) is 10.6. The van der Waals surface area contributed by atoms with E-state index < -0.39 is 6.10 Å². The van der Waals surface area contributed by atoms with Gasteiger partial charge in [0.05, 0.1) is 6.10 Å². The maximum Gasteiger partial charge on any atom is 0.0850 e. The van der Waals surface area contributed by atoms with Crippen LogP contribution >= 0.6 is 39.1 Å². The standard InChI is InChI=1S/C14H12BrCl2NO/c15-9-2-1-8(12(17)6-9)5-14(19)11-4-3-10(16)7-13(11)18/h1-4,6-7,14,19H,5,18H2. The molecule has 0 bridgehead atoms. The molecule has 0 saturated heterocycles. The molecule has 0 amide bonds. The lowest BCUT2D eigenvalue weighted by atomic mass is 10.00. The van der Waals surface area contributed by atoms with Gasteiger partial charge in [-0.2, -0.15) is 0 Å². The molecule has 0 saturated carbocycles. The molecule has 0 aliphatic heterocycles. The zero-order chi connectivity index (χ0) is 14.0. The zero-order valence-electron chi connectivity index (χ0n) is 9.91. The average molecular weight is 361 g/mol. The van der Waals surface area contributed by atoms with E-state index in [1.807, 2.05) is 12.1 Å². The monoisotopic (exact) mass is 359 g/mol. The molecule has 19 heavy (non-hydrogen) atoms. The Hall–Kier alpha value is -0.740. The summed E-state index contributed by atoms with van der Waals surface area (Å²) >= 11 is 15.3. The van der Waals surface area contributed by atoms with Crippen LogP contribution in [0.4, 0.5) is 5.69 Å². The van der Waals surface area contributed by atoms with E-state index in [9.17, 15) is 5.11 Å². The molecular formula is C14H12BrCl2NO. The highest BCUT2D eigenvalue weighted by molar-refractivity contribution is 9.10. The number of halogens is 3. The summed E-state index contributed by atoms with van der Waals surface area (Å²) in [5, 5.41) is 11.4. The number of nitrogens with two attached hydrogens (primary N) is 1. The lowest BCUT2D eigenvalue weighted by Crippen LogP contribution is -2.05. The summed E-state index contributed by atoms with van der Waals surface area (Å²) < 4.78 is 0.904. The summed E-state index contributed by atoms with van der Waals surface area (Å²) in [6.45, 7) is 0. The number of nitrogen functional groups attached to an aromatic ring is 1. The van der Waals surface area contributed by atoms with Crippen molar-refractivity contribution in [1.29, 1.82) is 0 Å². The van der Waals surface area contributed by atoms with E-state index in [-0.39, 0.29) is 0 Å². The molecule has 1 unspecified atom stereocenters. The van der Waals surface area contributed by atoms with Crippen molar-refractivity contribution in [2.24, 2.45) is 0 Å². The summed E-state index contributed by atoms with van der Waals surface area (Å²) in [6.07, 6.45) is -0.311. The topological polar surface area (TPSA) is 46.2 Å². The van der Waals surface area contributed by atoms with Crippen molar-refractivity contribution in [3.63, 3.8) is 0 Å². The molecular weight excluding hydrogens is 349 g/mol. The summed E-state index contributed by atoms with van der Waals surface area (Å²) in [7, 11) is 0. The molecule has 2 aromatic carbocycles. The summed E-state index contributed by atoms with van der Waals surface area (Å²) in [4.78, 5) is 0. The van der Waals surface area contributed by atoms with Crippen LogP contribution in [0.2, 0.25) is 10.0 Å². The van der Waals surface area contributed by atoms with Crippen molar-refractivity contribution >= 4 is 44.8 Å². The predicted molar refractivity (Wildman–Crippen MR) is 83.7 cm³/mol. The third kappa shape index (κ3) is 3.63. The van der Waals surface area contributed by atoms with Crippen LogP contribution in [0.1, 0.15) is 17.2 Å². The Labute approximate surface area is 130 Å². The third-order valence-corrected chi connectivity index (χ3v) is 3.92. The SMILES string of the molecule is Nc1cc(Cl)ccc1C(O)Cc1ccc(Br)cc1Cl. The van der Waals surface area contributed by atoms with Crippen LogP contribution in [-0.2, 0) is 6.42 Å². The van der Waals surface area contributed by atoms with E-state index in [1.54, 1.807) is 24.3 Å². The Bertz CT molecular complexity index is 604. The van der Waals surface area contributed by atoms with Crippen molar-refractivity contribution < 1.29 is 5.11 Å². The minimum Gasteiger partial charge on any atom is -0.398 e. The minimum absolute atomic E-state index is 0.401. The van der Waals surface area contributed by atoms with Gasteiger partial charge in [0.25, 0.3) is 0 Å². The number of rotatable bonds is 3. The first kappa shape index (κ1) is 14.7. The van der Waals surface area contributed by atoms with Gasteiger partial charge < -0.3 is 10.8 Å². The Kier molecular flexibility index (Phi) is 4.74. The van der Waals surface area contributed by atoms with Gasteiger partial charge in [-0.25, -0.2) is 0 Å². The highest BCUT2D eigenvalue weighted by atomic mass is 79.9. The van der Waals surface area contributed by atoms with Gasteiger partial charge >= 0.3 is 0 Å². The van der Waals surface area contributed by atoms with E-state index in [4.69, 9.17) is 28.9 Å². The van der Waals surface area contributed by atoms with Gasteiger partial charge in [0.2, 0.25) is 0 Å². The molecule has 100 valence electrons. The zero-order valence-corrected chi connectivity index (χ0v) is 13.0. The first-order valence-electron chi connectivity index (χ1n) is 5.64. The molecule has 2 aromatic rings. The van der Waals surface area contributed by atoms with Gasteiger partial charge in [0, 0.05) is 32.2 Å². The van der Waals surface area contributed by atoms with Gasteiger partial charge in [-0.3, -0.25) is 0 Å². The maximum atomic E-state index is 10.2. The Morgan fingerprint density at radius 2 is 1.89 bits per heavy atom. The van der Waals surface area contributed by atoms with Crippen LogP contribution in [0.3, 0.4) is 0 Å². The quantitative estimate of drug-likeness (QED) is 0.785. The van der Waals surface area contributed by atoms with Crippen molar-refractivity contribution in [3.05, 3.63) is 62.0 Å². The van der Waals surface area contributed by atoms with Crippen LogP contribution in [0.15, 0.2) is 40.9 Å². The molecule has 0 fully saturated rings. The lowest BCUT2D eigenvalue weighted by molar-refractivity contribution is 0.179. The average Bonchev–Trinajstić information content (AvgIpc) is 2.32. The van der Waals surface area contributed by atoms with E-state index in [1.165, 1.54) is 0 Å². The Morgan fingerprint density at radius 1 is 1.16 bits per heavy atom. The van der Waals surface area contributed by atoms with E-state index >= 15 is 0 Å². The number of aliphatic hydroxyl groups is 1. The van der Waals surface area contributed by atoms with Crippen LogP contribution in [0.25, 0.3) is 0 Å². The van der Waals surface area contributed by atoms with Crippen LogP contribution < -0.4 is 5.73 Å². The molecule has 0 radical (unpaired) electrons. The largest absolute Gasteiger partial charge is 0.398 e. The molecule has 0 heterocycles. The second-order valence-electron chi connectivity index (χ2n) is 4.23. The molecule has 0 aliphatic rings. The molecule has 3 N–H and O–H groups in total. The Morgan fingerprint density at radius 3 is 2.53 bits per heavy atom. The highest BCUT2D eigenvalue weighted by Gasteiger charge is 2.14. The van der Waals surface area contributed by atoms with Crippen molar-refractivity contribution in [1.82, 2.24) is 0 Å². The number of anilines is 1. The van der Waals surface area contributed by atoms with Crippen LogP contribution in [0, 0.1) is 0 Å². The first-order chi connectivity index (χ1) is 8.97. The molecule has 2 rings (SSSR count). The number of hydrogen-bond donors (Lipinski definition) is 2. The number of benzene rings is 2. The smallest absolute Gasteiger partial charge is 0.0850 e. The van der Waals surface area contributed by atoms with Gasteiger partial charge in [-0.05, 0) is 29.8 Å². The fraction of sp³-hybridized carbons (Fsp3) is 0.143. The normalized spacial score (nSPS) is 12.4. The number of hydrogen-bond acceptors (Lipinski definition) is 2. The molecule has 2 nitrogen and oxygen atoms in total. The fourth-order valence-corrected chi connectivity index (χ4v) is 2.79. The first-order valence-corrected chi connectivity index (χ1v) is 7.19. The molecule has 0 aliphatic carbocycles. The van der Waals surface area contributed by atoms with Gasteiger partial charge in [-0.1, -0.05) is 51.3 Å². The van der Waals surface area contributed by atoms with E-state index in [2.05, 4.69) is 15.9 Å². The fourth-order valence-electron chi connectivity index (χ4n) is 1.85. The molecule has 0 spiro atoms. The van der Waals surface area contributed by atoms with Crippen LogP contribution in [-0.4, -0.2) is 5.11 Å². The third-order valence-electron chi connectivity index (χ3n) is 2.84. The van der Waals surface area contributed by atoms with Gasteiger partial charge in [-0.15, -0.1) is 0 Å². The van der Waals surface area contributed by atoms with E-state index in [0.29, 0.717) is 27.7 Å². The maximum absolute atomic E-state index is 10.2. The van der Waals surface area contributed by atoms with Crippen molar-refractivity contribution in [2.75, 3.05) is 5.73 Å². The lowest BCUT2D eigenvalue weighted by Gasteiger charge is -2.14. The van der Waals surface area contributed by atoms with E-state index in [0.717, 1.165) is 10.0 Å². The van der Waals surface area contributed by atoms with Crippen molar-refractivity contribution in [2.45, 2.75) is 12.5 Å². The van der Waals surface area contributed by atoms with Gasteiger partial charge in [0.15, 0.2) is 0 Å². The minimum atomic E-state index is -0.712. The second kappa shape index (κ2) is 6.14. The summed E-state index contributed by atoms with van der Waals surface area (Å²) in [5.41, 5.74) is 7.86. The predicted octanol–water partition coefficient (Wildman–Crippen LogP) is 4.61. The van der Waals surface area contributed by atoms with Crippen LogP contribution in [0.5, 0.6) is 0 Å². The second-order valence-corrected chi connectivity index (χ2v) is 5.99. The highest BCUT2D eigenvalue weighted by Crippen LogP contribution is 2.29. The Balaban J connectivity index is 2.23. The number of aliphatic hydroxyl groups excluding tert-OH is 1. The molecule has 5 heteroatoms. The van der Waals surface area contributed by atoms with Crippen molar-refractivity contribution in [3.8, 4) is 0 Å². The molecule has 0 aromatic heterocycles.